The number of nitrogens with two attached hydrogens (primary N) is 1. The fourth-order valence-electron chi connectivity index (χ4n) is 1.40. The van der Waals surface area contributed by atoms with Crippen LogP contribution in [0.1, 0.15) is 24.5 Å². The van der Waals surface area contributed by atoms with Crippen LogP contribution in [0.4, 0.5) is 0 Å². The van der Waals surface area contributed by atoms with Gasteiger partial charge in [0.25, 0.3) is 0 Å². The molecule has 0 amide bonds. The third-order valence-corrected chi connectivity index (χ3v) is 2.19. The summed E-state index contributed by atoms with van der Waals surface area (Å²) in [7, 11) is 1.67. The van der Waals surface area contributed by atoms with E-state index in [0.29, 0.717) is 13.2 Å². The standard InChI is InChI=1S/C12H19NO2/c1-3-6-15-9-11-7-10(8-13)4-5-12(11)14-2/h4-5,7H,3,6,8-9,13H2,1-2H3. The van der Waals surface area contributed by atoms with Crippen molar-refractivity contribution in [2.45, 2.75) is 26.5 Å². The molecule has 0 atom stereocenters. The Balaban J connectivity index is 2.72. The summed E-state index contributed by atoms with van der Waals surface area (Å²) in [5.41, 5.74) is 7.75. The quantitative estimate of drug-likeness (QED) is 0.729. The van der Waals surface area contributed by atoms with Crippen LogP contribution < -0.4 is 10.5 Å². The lowest BCUT2D eigenvalue weighted by Crippen LogP contribution is -2.01. The Hall–Kier alpha value is -1.06. The van der Waals surface area contributed by atoms with E-state index in [9.17, 15) is 0 Å². The van der Waals surface area contributed by atoms with Crippen LogP contribution in [-0.4, -0.2) is 13.7 Å². The maximum absolute atomic E-state index is 5.58. The van der Waals surface area contributed by atoms with Crippen LogP contribution in [-0.2, 0) is 17.9 Å². The lowest BCUT2D eigenvalue weighted by Gasteiger charge is -2.10. The van der Waals surface area contributed by atoms with E-state index in [1.165, 1.54) is 0 Å². The summed E-state index contributed by atoms with van der Waals surface area (Å²) >= 11 is 0. The molecule has 0 saturated heterocycles. The zero-order valence-corrected chi connectivity index (χ0v) is 9.45. The zero-order chi connectivity index (χ0) is 11.1. The first kappa shape index (κ1) is 12.0. The Morgan fingerprint density at radius 2 is 2.13 bits per heavy atom. The molecule has 0 aliphatic rings. The molecule has 3 heteroatoms. The summed E-state index contributed by atoms with van der Waals surface area (Å²) in [4.78, 5) is 0. The number of benzene rings is 1. The minimum atomic E-state index is 0.546. The average molecular weight is 209 g/mol. The number of hydrogen-bond acceptors (Lipinski definition) is 3. The van der Waals surface area contributed by atoms with Crippen molar-refractivity contribution in [1.82, 2.24) is 0 Å². The van der Waals surface area contributed by atoms with Crippen molar-refractivity contribution in [3.05, 3.63) is 29.3 Å². The molecule has 1 rings (SSSR count). The third kappa shape index (κ3) is 3.53. The van der Waals surface area contributed by atoms with Gasteiger partial charge in [-0.05, 0) is 24.1 Å². The third-order valence-electron chi connectivity index (χ3n) is 2.19. The predicted octanol–water partition coefficient (Wildman–Crippen LogP) is 2.08. The molecule has 0 aliphatic heterocycles. The fraction of sp³-hybridized carbons (Fsp3) is 0.500. The summed E-state index contributed by atoms with van der Waals surface area (Å²) in [5, 5.41) is 0. The molecule has 84 valence electrons. The summed E-state index contributed by atoms with van der Waals surface area (Å²) in [5.74, 6) is 0.864. The van der Waals surface area contributed by atoms with Crippen molar-refractivity contribution in [1.29, 1.82) is 0 Å². The second-order valence-corrected chi connectivity index (χ2v) is 3.40. The van der Waals surface area contributed by atoms with Gasteiger partial charge in [-0.15, -0.1) is 0 Å². The van der Waals surface area contributed by atoms with E-state index in [2.05, 4.69) is 6.92 Å². The Morgan fingerprint density at radius 1 is 1.33 bits per heavy atom. The Labute approximate surface area is 91.2 Å². The van der Waals surface area contributed by atoms with Crippen molar-refractivity contribution in [2.75, 3.05) is 13.7 Å². The van der Waals surface area contributed by atoms with Crippen molar-refractivity contribution in [3.63, 3.8) is 0 Å². The maximum atomic E-state index is 5.58. The second-order valence-electron chi connectivity index (χ2n) is 3.40. The Kier molecular flexibility index (Phi) is 5.15. The Morgan fingerprint density at radius 3 is 2.73 bits per heavy atom. The molecule has 0 saturated carbocycles. The van der Waals surface area contributed by atoms with Crippen LogP contribution in [0.5, 0.6) is 5.75 Å². The molecule has 15 heavy (non-hydrogen) atoms. The molecule has 1 aromatic carbocycles. The first-order valence-electron chi connectivity index (χ1n) is 5.25. The van der Waals surface area contributed by atoms with Crippen LogP contribution in [0, 0.1) is 0 Å². The van der Waals surface area contributed by atoms with Crippen LogP contribution in [0.25, 0.3) is 0 Å². The Bertz CT molecular complexity index is 300. The zero-order valence-electron chi connectivity index (χ0n) is 9.45. The van der Waals surface area contributed by atoms with E-state index in [-0.39, 0.29) is 0 Å². The van der Waals surface area contributed by atoms with Gasteiger partial charge in [-0.3, -0.25) is 0 Å². The summed E-state index contributed by atoms with van der Waals surface area (Å²) < 4.78 is 10.7. The van der Waals surface area contributed by atoms with E-state index in [0.717, 1.165) is 29.9 Å². The molecule has 0 unspecified atom stereocenters. The van der Waals surface area contributed by atoms with Crippen LogP contribution in [0.3, 0.4) is 0 Å². The molecular weight excluding hydrogens is 190 g/mol. The van der Waals surface area contributed by atoms with Gasteiger partial charge in [-0.2, -0.15) is 0 Å². The number of hydrogen-bond donors (Lipinski definition) is 1. The first-order chi connectivity index (χ1) is 7.31. The maximum Gasteiger partial charge on any atom is 0.124 e. The molecule has 2 N–H and O–H groups in total. The molecule has 1 aromatic rings. The highest BCUT2D eigenvalue weighted by molar-refractivity contribution is 5.36. The van der Waals surface area contributed by atoms with Gasteiger partial charge in [-0.1, -0.05) is 13.0 Å². The van der Waals surface area contributed by atoms with Crippen molar-refractivity contribution < 1.29 is 9.47 Å². The molecule has 0 heterocycles. The summed E-state index contributed by atoms with van der Waals surface area (Å²) in [6.45, 7) is 4.00. The predicted molar refractivity (Wildman–Crippen MR) is 60.8 cm³/mol. The van der Waals surface area contributed by atoms with Crippen molar-refractivity contribution in [2.24, 2.45) is 5.73 Å². The van der Waals surface area contributed by atoms with Gasteiger partial charge in [0.05, 0.1) is 13.7 Å². The SMILES string of the molecule is CCCOCc1cc(CN)ccc1OC. The van der Waals surface area contributed by atoms with Crippen molar-refractivity contribution in [3.8, 4) is 5.75 Å². The van der Waals surface area contributed by atoms with Gasteiger partial charge in [0, 0.05) is 18.7 Å². The lowest BCUT2D eigenvalue weighted by atomic mass is 10.1. The van der Waals surface area contributed by atoms with Gasteiger partial charge in [0.15, 0.2) is 0 Å². The highest BCUT2D eigenvalue weighted by Gasteiger charge is 2.03. The molecule has 3 nitrogen and oxygen atoms in total. The van der Waals surface area contributed by atoms with Gasteiger partial charge >= 0.3 is 0 Å². The molecular formula is C12H19NO2. The number of rotatable bonds is 6. The second kappa shape index (κ2) is 6.43. The first-order valence-corrected chi connectivity index (χ1v) is 5.25. The van der Waals surface area contributed by atoms with E-state index in [1.54, 1.807) is 7.11 Å². The van der Waals surface area contributed by atoms with Gasteiger partial charge in [-0.25, -0.2) is 0 Å². The normalized spacial score (nSPS) is 10.3. The molecule has 0 spiro atoms. The molecule has 0 radical (unpaired) electrons. The minimum absolute atomic E-state index is 0.546. The molecule has 0 fully saturated rings. The highest BCUT2D eigenvalue weighted by Crippen LogP contribution is 2.20. The van der Waals surface area contributed by atoms with Crippen LogP contribution in [0.2, 0.25) is 0 Å². The molecule has 0 bridgehead atoms. The minimum Gasteiger partial charge on any atom is -0.496 e. The van der Waals surface area contributed by atoms with E-state index in [4.69, 9.17) is 15.2 Å². The van der Waals surface area contributed by atoms with E-state index >= 15 is 0 Å². The van der Waals surface area contributed by atoms with E-state index < -0.39 is 0 Å². The van der Waals surface area contributed by atoms with Crippen molar-refractivity contribution >= 4 is 0 Å². The summed E-state index contributed by atoms with van der Waals surface area (Å²) in [6.07, 6.45) is 1.03. The van der Waals surface area contributed by atoms with Crippen LogP contribution >= 0.6 is 0 Å². The molecule has 0 aliphatic carbocycles. The van der Waals surface area contributed by atoms with E-state index in [1.807, 2.05) is 18.2 Å². The topological polar surface area (TPSA) is 44.5 Å². The average Bonchev–Trinajstić information content (AvgIpc) is 2.29. The number of ether oxygens (including phenoxy) is 2. The molecule has 0 aromatic heterocycles. The van der Waals surface area contributed by atoms with Gasteiger partial charge in [0.2, 0.25) is 0 Å². The highest BCUT2D eigenvalue weighted by atomic mass is 16.5. The number of methoxy groups -OCH3 is 1. The summed E-state index contributed by atoms with van der Waals surface area (Å²) in [6, 6.07) is 5.95. The van der Waals surface area contributed by atoms with Gasteiger partial charge < -0.3 is 15.2 Å². The fourth-order valence-corrected chi connectivity index (χ4v) is 1.40. The largest absolute Gasteiger partial charge is 0.496 e. The smallest absolute Gasteiger partial charge is 0.124 e. The lowest BCUT2D eigenvalue weighted by molar-refractivity contribution is 0.119. The van der Waals surface area contributed by atoms with Crippen LogP contribution in [0.15, 0.2) is 18.2 Å². The van der Waals surface area contributed by atoms with Gasteiger partial charge in [0.1, 0.15) is 5.75 Å². The monoisotopic (exact) mass is 209 g/mol.